The fourth-order valence-electron chi connectivity index (χ4n) is 1.45. The quantitative estimate of drug-likeness (QED) is 0.365. The Balaban J connectivity index is 2.77. The minimum absolute atomic E-state index is 0.0249. The number of rotatable bonds is 2. The molecule has 0 N–H and O–H groups in total. The van der Waals surface area contributed by atoms with Gasteiger partial charge in [-0.05, 0) is 12.1 Å². The molecule has 18 heavy (non-hydrogen) atoms. The Bertz CT molecular complexity index is 664. The van der Waals surface area contributed by atoms with E-state index in [1.54, 1.807) is 0 Å². The Hall–Kier alpha value is -1.79. The molecule has 2 aromatic rings. The first kappa shape index (κ1) is 12.7. The number of furan rings is 1. The van der Waals surface area contributed by atoms with Crippen LogP contribution in [-0.4, -0.2) is 10.9 Å². The van der Waals surface area contributed by atoms with Crippen molar-refractivity contribution in [1.29, 1.82) is 0 Å². The summed E-state index contributed by atoms with van der Waals surface area (Å²) in [4.78, 5) is 20.8. The number of nitrogens with zero attached hydrogens (tertiary/aromatic N) is 1. The van der Waals surface area contributed by atoms with Crippen LogP contribution in [0.25, 0.3) is 11.0 Å². The normalized spacial score (nSPS) is 10.6. The summed E-state index contributed by atoms with van der Waals surface area (Å²) < 4.78 is 9.84. The molecule has 0 unspecified atom stereocenters. The number of fused-ring (bicyclic) bond motifs is 1. The third kappa shape index (κ3) is 2.00. The zero-order chi connectivity index (χ0) is 13.4. The van der Waals surface area contributed by atoms with Crippen molar-refractivity contribution in [2.24, 2.45) is 0 Å². The van der Waals surface area contributed by atoms with E-state index in [4.69, 9.17) is 32.4 Å². The molecule has 0 saturated carbocycles. The van der Waals surface area contributed by atoms with E-state index in [0.29, 0.717) is 0 Å². The second kappa shape index (κ2) is 4.47. The van der Waals surface area contributed by atoms with Gasteiger partial charge in [-0.15, -0.1) is 0 Å². The molecule has 8 heteroatoms. The van der Waals surface area contributed by atoms with E-state index in [2.05, 4.69) is 0 Å². The molecule has 0 saturated heterocycles. The molecular weight excluding hydrogens is 285 g/mol. The van der Waals surface area contributed by atoms with Crippen LogP contribution in [0.4, 0.5) is 5.88 Å². The molecule has 2 rings (SSSR count). The number of hydrogen-bond donors (Lipinski definition) is 0. The second-order valence-corrected chi connectivity index (χ2v) is 4.11. The molecule has 0 atom stereocenters. The van der Waals surface area contributed by atoms with Gasteiger partial charge in [-0.3, -0.25) is 14.9 Å². The maximum Gasteiger partial charge on any atom is 0.453 e. The summed E-state index contributed by atoms with van der Waals surface area (Å²) in [7, 11) is 0. The standard InChI is InChI=1S/C10H5Cl2NO5/c1-4(14)17-6-3-2-5(11)7-8(12)10(13(15)16)18-9(6)7/h2-3H,1H3. The Morgan fingerprint density at radius 3 is 2.67 bits per heavy atom. The van der Waals surface area contributed by atoms with Crippen LogP contribution >= 0.6 is 23.2 Å². The monoisotopic (exact) mass is 289 g/mol. The average Bonchev–Trinajstić information content (AvgIpc) is 2.61. The number of nitro groups is 1. The number of hydrogen-bond acceptors (Lipinski definition) is 5. The van der Waals surface area contributed by atoms with Crippen molar-refractivity contribution >= 4 is 46.0 Å². The van der Waals surface area contributed by atoms with Gasteiger partial charge in [0.2, 0.25) is 0 Å². The molecule has 0 fully saturated rings. The number of ether oxygens (including phenoxy) is 1. The lowest BCUT2D eigenvalue weighted by Crippen LogP contribution is -2.01. The molecule has 0 aliphatic heterocycles. The molecular formula is C10H5Cl2NO5. The van der Waals surface area contributed by atoms with Gasteiger partial charge in [0.15, 0.2) is 16.4 Å². The summed E-state index contributed by atoms with van der Waals surface area (Å²) in [5.41, 5.74) is -0.0330. The molecule has 1 aromatic carbocycles. The molecule has 94 valence electrons. The largest absolute Gasteiger partial charge is 0.453 e. The van der Waals surface area contributed by atoms with Gasteiger partial charge in [-0.2, -0.15) is 0 Å². The first-order valence-corrected chi connectivity index (χ1v) is 5.40. The average molecular weight is 290 g/mol. The zero-order valence-electron chi connectivity index (χ0n) is 8.90. The Morgan fingerprint density at radius 1 is 1.44 bits per heavy atom. The first-order chi connectivity index (χ1) is 8.41. The predicted molar refractivity (Wildman–Crippen MR) is 64.2 cm³/mol. The van der Waals surface area contributed by atoms with Gasteiger partial charge in [-0.25, -0.2) is 0 Å². The van der Waals surface area contributed by atoms with Crippen molar-refractivity contribution in [3.05, 3.63) is 32.3 Å². The maximum absolute atomic E-state index is 10.9. The van der Waals surface area contributed by atoms with Gasteiger partial charge in [0.1, 0.15) is 4.92 Å². The van der Waals surface area contributed by atoms with E-state index in [-0.39, 0.29) is 26.8 Å². The highest BCUT2D eigenvalue weighted by molar-refractivity contribution is 6.43. The van der Waals surface area contributed by atoms with Crippen molar-refractivity contribution in [2.75, 3.05) is 0 Å². The summed E-state index contributed by atoms with van der Waals surface area (Å²) >= 11 is 11.7. The van der Waals surface area contributed by atoms with E-state index in [0.717, 1.165) is 0 Å². The predicted octanol–water partition coefficient (Wildman–Crippen LogP) is 3.57. The topological polar surface area (TPSA) is 82.6 Å². The van der Waals surface area contributed by atoms with Crippen LogP contribution in [-0.2, 0) is 4.79 Å². The minimum atomic E-state index is -0.782. The molecule has 0 radical (unpaired) electrons. The lowest BCUT2D eigenvalue weighted by atomic mass is 10.2. The number of benzene rings is 1. The van der Waals surface area contributed by atoms with Crippen LogP contribution in [0.2, 0.25) is 10.0 Å². The van der Waals surface area contributed by atoms with Crippen molar-refractivity contribution < 1.29 is 18.9 Å². The molecule has 0 aliphatic rings. The fourth-order valence-corrected chi connectivity index (χ4v) is 2.03. The Kier molecular flexibility index (Phi) is 3.14. The highest BCUT2D eigenvalue weighted by atomic mass is 35.5. The van der Waals surface area contributed by atoms with Gasteiger partial charge < -0.3 is 9.15 Å². The van der Waals surface area contributed by atoms with Gasteiger partial charge in [0.25, 0.3) is 0 Å². The van der Waals surface area contributed by atoms with Crippen molar-refractivity contribution in [3.8, 4) is 5.75 Å². The van der Waals surface area contributed by atoms with E-state index in [1.807, 2.05) is 0 Å². The SMILES string of the molecule is CC(=O)Oc1ccc(Cl)c2c(Cl)c([N+](=O)[O-])oc12. The highest BCUT2D eigenvalue weighted by Crippen LogP contribution is 2.43. The van der Waals surface area contributed by atoms with Gasteiger partial charge >= 0.3 is 11.9 Å². The molecule has 0 bridgehead atoms. The van der Waals surface area contributed by atoms with Crippen LogP contribution in [0, 0.1) is 10.1 Å². The highest BCUT2D eigenvalue weighted by Gasteiger charge is 2.26. The van der Waals surface area contributed by atoms with Crippen LogP contribution in [0.5, 0.6) is 5.75 Å². The summed E-state index contributed by atoms with van der Waals surface area (Å²) in [6.07, 6.45) is 0. The van der Waals surface area contributed by atoms with Crippen molar-refractivity contribution in [3.63, 3.8) is 0 Å². The van der Waals surface area contributed by atoms with Gasteiger partial charge in [0, 0.05) is 6.92 Å². The zero-order valence-corrected chi connectivity index (χ0v) is 10.4. The summed E-state index contributed by atoms with van der Waals surface area (Å²) in [6.45, 7) is 1.19. The second-order valence-electron chi connectivity index (χ2n) is 3.32. The lowest BCUT2D eigenvalue weighted by Gasteiger charge is -2.01. The third-order valence-electron chi connectivity index (χ3n) is 2.10. The molecule has 1 heterocycles. The lowest BCUT2D eigenvalue weighted by molar-refractivity contribution is -0.401. The molecule has 6 nitrogen and oxygen atoms in total. The number of carbonyl (C=O) groups is 1. The summed E-state index contributed by atoms with van der Waals surface area (Å²) in [5, 5.41) is 10.8. The number of esters is 1. The van der Waals surface area contributed by atoms with E-state index < -0.39 is 16.8 Å². The first-order valence-electron chi connectivity index (χ1n) is 4.65. The van der Waals surface area contributed by atoms with Crippen molar-refractivity contribution in [2.45, 2.75) is 6.92 Å². The molecule has 0 spiro atoms. The summed E-state index contributed by atoms with van der Waals surface area (Å²) in [5.74, 6) is -1.21. The Morgan fingerprint density at radius 2 is 2.11 bits per heavy atom. The van der Waals surface area contributed by atoms with Crippen molar-refractivity contribution in [1.82, 2.24) is 0 Å². The van der Waals surface area contributed by atoms with E-state index >= 15 is 0 Å². The van der Waals surface area contributed by atoms with Crippen LogP contribution in [0.3, 0.4) is 0 Å². The number of carbonyl (C=O) groups excluding carboxylic acids is 1. The van der Waals surface area contributed by atoms with E-state index in [1.165, 1.54) is 19.1 Å². The Labute approximate surface area is 110 Å². The van der Waals surface area contributed by atoms with Gasteiger partial charge in [0.05, 0.1) is 10.4 Å². The van der Waals surface area contributed by atoms with Crippen LogP contribution < -0.4 is 4.74 Å². The molecule has 0 aliphatic carbocycles. The minimum Gasteiger partial charge on any atom is -0.423 e. The maximum atomic E-state index is 10.9. The molecule has 1 aromatic heterocycles. The smallest absolute Gasteiger partial charge is 0.423 e. The summed E-state index contributed by atoms with van der Waals surface area (Å²) in [6, 6.07) is 2.78. The van der Waals surface area contributed by atoms with E-state index in [9.17, 15) is 14.9 Å². The fraction of sp³-hybridized carbons (Fsp3) is 0.100. The molecule has 0 amide bonds. The van der Waals surface area contributed by atoms with Crippen LogP contribution in [0.15, 0.2) is 16.5 Å². The third-order valence-corrected chi connectivity index (χ3v) is 2.76. The van der Waals surface area contributed by atoms with Gasteiger partial charge in [-0.1, -0.05) is 23.2 Å². The number of halogens is 2. The van der Waals surface area contributed by atoms with Crippen LogP contribution in [0.1, 0.15) is 6.92 Å².